The largest absolute Gasteiger partial charge is 0.680 e. The van der Waals surface area contributed by atoms with Gasteiger partial charge in [0.05, 0.1) is 6.10 Å². The van der Waals surface area contributed by atoms with Crippen LogP contribution in [0.5, 0.6) is 0 Å². The van der Waals surface area contributed by atoms with Crippen molar-refractivity contribution in [3.05, 3.63) is 39.6 Å². The number of aliphatic imine (C=N–C) groups is 3. The van der Waals surface area contributed by atoms with Crippen molar-refractivity contribution in [1.82, 2.24) is 5.32 Å². The molecule has 0 saturated carbocycles. The van der Waals surface area contributed by atoms with Gasteiger partial charge in [-0.25, -0.2) is 0 Å². The number of nitrogens with one attached hydrogen (secondary N) is 1. The number of nitrogens with zero attached hydrogens (tertiary/aromatic N) is 4. The molecule has 0 aliphatic carbocycles. The fraction of sp³-hybridized carbons (Fsp3) is 0.667. The number of hydrogen-bond donors (Lipinski definition) is 8. The first kappa shape index (κ1) is 55.4. The average Bonchev–Trinajstić information content (AvgIpc) is 3.80. The quantitative estimate of drug-likeness (QED) is 0.0894. The molecule has 10 atom stereocenters. The molecular formula is C48H72CoN11O8-. The Morgan fingerprint density at radius 1 is 0.706 bits per heavy atom. The Balaban J connectivity index is 0.0000101. The molecule has 19 nitrogen and oxygen atoms in total. The molecule has 0 aromatic heterocycles. The van der Waals surface area contributed by atoms with E-state index in [-0.39, 0.29) is 93.4 Å². The van der Waals surface area contributed by atoms with Gasteiger partial charge in [0.1, 0.15) is 0 Å². The number of nitrogens with two attached hydrogens (primary N) is 6. The maximum absolute atomic E-state index is 13.5. The van der Waals surface area contributed by atoms with Gasteiger partial charge in [-0.2, -0.15) is 5.70 Å². The Bertz CT molecular complexity index is 2320. The maximum atomic E-state index is 13.5. The summed E-state index contributed by atoms with van der Waals surface area (Å²) in [5.74, 6) is -6.42. The normalized spacial score (nSPS) is 34.6. The van der Waals surface area contributed by atoms with Gasteiger partial charge in [-0.1, -0.05) is 47.1 Å². The molecule has 20 heteroatoms. The molecule has 0 spiro atoms. The molecule has 0 aromatic rings. The maximum Gasteiger partial charge on any atom is 0.220 e. The fourth-order valence-electron chi connectivity index (χ4n) is 12.2. The third-order valence-electron chi connectivity index (χ3n) is 16.0. The van der Waals surface area contributed by atoms with Crippen LogP contribution in [0, 0.1) is 45.3 Å². The number of hydrogen-bond acceptors (Lipinski definition) is 11. The van der Waals surface area contributed by atoms with Crippen molar-refractivity contribution in [2.75, 3.05) is 6.54 Å². The first-order valence-corrected chi connectivity index (χ1v) is 23.2. The molecule has 7 amide bonds. The average molecular weight is 990 g/mol. The van der Waals surface area contributed by atoms with Gasteiger partial charge >= 0.3 is 0 Å². The van der Waals surface area contributed by atoms with Crippen LogP contribution in [0.3, 0.4) is 0 Å². The third-order valence-corrected chi connectivity index (χ3v) is 16.0. The van der Waals surface area contributed by atoms with Crippen LogP contribution in [0.1, 0.15) is 133 Å². The van der Waals surface area contributed by atoms with Gasteiger partial charge in [0, 0.05) is 131 Å². The molecule has 5 aliphatic heterocycles. The molecule has 5 heterocycles. The van der Waals surface area contributed by atoms with Crippen molar-refractivity contribution < 1.29 is 55.4 Å². The Morgan fingerprint density at radius 3 is 1.76 bits per heavy atom. The summed E-state index contributed by atoms with van der Waals surface area (Å²) in [4.78, 5) is 108. The van der Waals surface area contributed by atoms with Crippen molar-refractivity contribution in [2.24, 2.45) is 94.7 Å². The molecule has 1 radical (unpaired) electrons. The number of fused-ring (bicyclic) bond motifs is 6. The number of primary amides is 6. The zero-order chi connectivity index (χ0) is 50.4. The van der Waals surface area contributed by atoms with E-state index in [2.05, 4.69) is 5.32 Å². The van der Waals surface area contributed by atoms with Gasteiger partial charge in [-0.3, -0.25) is 48.5 Å². The summed E-state index contributed by atoms with van der Waals surface area (Å²) in [5, 5.41) is 18.4. The van der Waals surface area contributed by atoms with E-state index in [4.69, 9.17) is 54.7 Å². The first-order valence-electron chi connectivity index (χ1n) is 23.2. The monoisotopic (exact) mass is 989 g/mol. The van der Waals surface area contributed by atoms with E-state index in [1.54, 1.807) is 6.92 Å². The number of rotatable bonds is 20. The number of carbonyl (C=O) groups is 7. The van der Waals surface area contributed by atoms with Crippen molar-refractivity contribution in [3.63, 3.8) is 0 Å². The minimum absolute atomic E-state index is 0. The number of aliphatic hydroxyl groups excluding tert-OH is 1. The van der Waals surface area contributed by atoms with E-state index in [1.165, 1.54) is 0 Å². The van der Waals surface area contributed by atoms with Gasteiger partial charge in [-0.15, -0.1) is 0 Å². The van der Waals surface area contributed by atoms with Gasteiger partial charge in [0.25, 0.3) is 0 Å². The van der Waals surface area contributed by atoms with Crippen molar-refractivity contribution >= 4 is 58.5 Å². The molecule has 377 valence electrons. The summed E-state index contributed by atoms with van der Waals surface area (Å²) in [7, 11) is 0. The molecule has 1 fully saturated rings. The zero-order valence-corrected chi connectivity index (χ0v) is 42.0. The topological polar surface area (TPSA) is 359 Å². The van der Waals surface area contributed by atoms with E-state index >= 15 is 0 Å². The molecular weight excluding hydrogens is 918 g/mol. The van der Waals surface area contributed by atoms with E-state index < -0.39 is 98.5 Å². The molecule has 0 aromatic carbocycles. The standard InChI is InChI=1S/C48H73N11O8.Co/c1-23(60)22-55-38(67)16-17-45(6)29(18-35(52)64)43-48(9)47(8,21-37(54)66)28(12-15-34(51)63)40(59-48)25(3)42-46(7,20-36(53)65)26(10-13-32(49)61)30(56-42)19-31-44(4,5)27(11-14-33(50)62)39(57-31)24(2)41(45)58-43;/h19,23,26-29,43,60H,10-18,20-22H2,1-9H3,(H14,49,50,51,52,53,54,55,56,57,58,59,61,62,63,64,65,66,67);/p-1/t23-,26-,27-,28-,29+,43?,45-,46+,47+,48+;/m1./s1. The van der Waals surface area contributed by atoms with Crippen LogP contribution in [-0.2, 0) is 50.3 Å². The van der Waals surface area contributed by atoms with Crippen molar-refractivity contribution in [3.8, 4) is 0 Å². The summed E-state index contributed by atoms with van der Waals surface area (Å²) in [5.41, 5.74) is 34.4. The summed E-state index contributed by atoms with van der Waals surface area (Å²) in [6.07, 6.45) is 1.02. The Labute approximate surface area is 409 Å². The Kier molecular flexibility index (Phi) is 16.6. The predicted molar refractivity (Wildman–Crippen MR) is 254 cm³/mol. The number of carbonyl (C=O) groups excluding carboxylic acids is 7. The van der Waals surface area contributed by atoms with Gasteiger partial charge in [0.15, 0.2) is 0 Å². The third kappa shape index (κ3) is 10.4. The van der Waals surface area contributed by atoms with Crippen LogP contribution in [0.25, 0.3) is 5.32 Å². The fourth-order valence-corrected chi connectivity index (χ4v) is 12.2. The van der Waals surface area contributed by atoms with Crippen LogP contribution < -0.4 is 39.7 Å². The van der Waals surface area contributed by atoms with Gasteiger partial charge in [0.2, 0.25) is 41.4 Å². The molecule has 5 aliphatic rings. The Hall–Kier alpha value is -5.21. The van der Waals surface area contributed by atoms with E-state index in [0.717, 1.165) is 0 Å². The predicted octanol–water partition coefficient (Wildman–Crippen LogP) is 2.52. The molecule has 1 saturated heterocycles. The second-order valence-corrected chi connectivity index (χ2v) is 21.1. The number of allylic oxidation sites excluding steroid dienone is 6. The van der Waals surface area contributed by atoms with Crippen molar-refractivity contribution in [1.29, 1.82) is 0 Å². The minimum Gasteiger partial charge on any atom is -0.680 e. The zero-order valence-electron chi connectivity index (χ0n) is 40.9. The molecule has 68 heavy (non-hydrogen) atoms. The number of amides is 7. The SMILES string of the molecule is C/C1=C2N=C(/C=C3N=C(/C(C)=C4\[N-][C@@](C)(C5N=C1[C@](C)(CCC(=O)NC[C@@H](C)O)[C@H]5CC(N)=O)[C@@](C)(CC(N)=O)[C@@H]4CCC(N)=O)[C@@](C)(CC(N)=O)[C@@H]\3CCC(N)=O)C(C)(C)[C@@H]/2CCC(N)=O.[Co]. The van der Waals surface area contributed by atoms with E-state index in [1.807, 2.05) is 61.5 Å². The minimum atomic E-state index is -1.40. The van der Waals surface area contributed by atoms with E-state index in [0.29, 0.717) is 51.8 Å². The van der Waals surface area contributed by atoms with Crippen LogP contribution in [0.4, 0.5) is 0 Å². The molecule has 8 bridgehead atoms. The summed E-state index contributed by atoms with van der Waals surface area (Å²) >= 11 is 0. The number of aliphatic hydroxyl groups is 1. The van der Waals surface area contributed by atoms with Crippen LogP contribution in [0.2, 0.25) is 0 Å². The smallest absolute Gasteiger partial charge is 0.220 e. The summed E-state index contributed by atoms with van der Waals surface area (Å²) < 4.78 is 0. The summed E-state index contributed by atoms with van der Waals surface area (Å²) in [6.45, 7) is 16.8. The van der Waals surface area contributed by atoms with Crippen LogP contribution in [0.15, 0.2) is 49.3 Å². The second-order valence-electron chi connectivity index (χ2n) is 21.1. The van der Waals surface area contributed by atoms with Gasteiger partial charge < -0.3 is 50.1 Å². The molecule has 14 N–H and O–H groups in total. The summed E-state index contributed by atoms with van der Waals surface area (Å²) in [6, 6.07) is -0.923. The molecule has 1 unspecified atom stereocenters. The Morgan fingerprint density at radius 2 is 1.25 bits per heavy atom. The first-order chi connectivity index (χ1) is 30.9. The van der Waals surface area contributed by atoms with Crippen LogP contribution in [-0.4, -0.2) is 87.8 Å². The van der Waals surface area contributed by atoms with Crippen molar-refractivity contribution in [2.45, 2.75) is 151 Å². The molecule has 5 rings (SSSR count). The second kappa shape index (κ2) is 20.4. The van der Waals surface area contributed by atoms with Crippen LogP contribution >= 0.6 is 0 Å². The van der Waals surface area contributed by atoms with E-state index in [9.17, 15) is 38.7 Å². The van der Waals surface area contributed by atoms with Gasteiger partial charge in [-0.05, 0) is 80.9 Å².